The fraction of sp³-hybridized carbons (Fsp3) is 0.179. The lowest BCUT2D eigenvalue weighted by Gasteiger charge is -2.36. The molecule has 0 amide bonds. The van der Waals surface area contributed by atoms with Crippen LogP contribution in [0.2, 0.25) is 0 Å². The molecule has 0 aliphatic heterocycles. The van der Waals surface area contributed by atoms with Crippen molar-refractivity contribution in [2.45, 2.75) is 84.0 Å². The maximum atomic E-state index is 2.60. The first-order chi connectivity index (χ1) is 38.1. The van der Waals surface area contributed by atoms with Crippen molar-refractivity contribution in [2.24, 2.45) is 5.92 Å². The highest BCUT2D eigenvalue weighted by molar-refractivity contribution is 6.10. The van der Waals surface area contributed by atoms with Gasteiger partial charge in [0.1, 0.15) is 0 Å². The summed E-state index contributed by atoms with van der Waals surface area (Å²) in [5, 5.41) is 2.46. The molecule has 2 atom stereocenters. The minimum atomic E-state index is -0.511. The van der Waals surface area contributed by atoms with Crippen LogP contribution in [-0.2, 0) is 21.7 Å². The molecule has 3 aliphatic carbocycles. The first-order valence-corrected chi connectivity index (χ1v) is 28.4. The molecule has 10 aromatic rings. The predicted octanol–water partition coefficient (Wildman–Crippen LogP) is 21.2. The third kappa shape index (κ3) is 8.54. The largest absolute Gasteiger partial charge is 0.309 e. The Morgan fingerprint density at radius 3 is 1.59 bits per heavy atom. The van der Waals surface area contributed by atoms with Crippen LogP contribution in [0.25, 0.3) is 66.4 Å². The van der Waals surface area contributed by atoms with Gasteiger partial charge in [0.25, 0.3) is 0 Å². The number of allylic oxidation sites excluding steroid dienone is 6. The van der Waals surface area contributed by atoms with Crippen molar-refractivity contribution >= 4 is 27.8 Å². The maximum absolute atomic E-state index is 2.60. The number of hydrogen-bond acceptors (Lipinski definition) is 1. The quantitative estimate of drug-likeness (QED) is 0.139. The Bertz CT molecular complexity index is 4090. The van der Waals surface area contributed by atoms with Gasteiger partial charge in [-0.15, -0.1) is 0 Å². The Morgan fingerprint density at radius 1 is 0.367 bits per heavy atom. The molecule has 0 fully saturated rings. The fourth-order valence-corrected chi connectivity index (χ4v) is 12.9. The fourth-order valence-electron chi connectivity index (χ4n) is 12.9. The van der Waals surface area contributed by atoms with Gasteiger partial charge in [-0.1, -0.05) is 287 Å². The Morgan fingerprint density at radius 2 is 0.911 bits per heavy atom. The summed E-state index contributed by atoms with van der Waals surface area (Å²) >= 11 is 0. The molecule has 0 saturated heterocycles. The van der Waals surface area contributed by atoms with E-state index in [1.807, 2.05) is 0 Å². The van der Waals surface area contributed by atoms with E-state index in [-0.39, 0.29) is 16.2 Å². The summed E-state index contributed by atoms with van der Waals surface area (Å²) in [6.45, 7) is 21.0. The molecule has 3 aliphatic rings. The van der Waals surface area contributed by atoms with E-state index in [1.165, 1.54) is 99.8 Å². The van der Waals surface area contributed by atoms with Gasteiger partial charge in [-0.3, -0.25) is 0 Å². The number of para-hydroxylation sites is 2. The second-order valence-corrected chi connectivity index (χ2v) is 25.3. The average molecular weight is 1020 g/mol. The van der Waals surface area contributed by atoms with Gasteiger partial charge in [-0.05, 0) is 135 Å². The zero-order valence-corrected chi connectivity index (χ0v) is 47.2. The number of hydrogen-bond donors (Lipinski definition) is 0. The molecule has 1 heteroatoms. The van der Waals surface area contributed by atoms with Crippen molar-refractivity contribution in [3.8, 4) is 55.6 Å². The molecule has 10 aromatic carbocycles. The van der Waals surface area contributed by atoms with Crippen LogP contribution < -0.4 is 4.90 Å². The van der Waals surface area contributed by atoms with Crippen molar-refractivity contribution in [1.29, 1.82) is 0 Å². The molecule has 79 heavy (non-hydrogen) atoms. The Hall–Kier alpha value is -8.52. The van der Waals surface area contributed by atoms with Crippen LogP contribution in [0.3, 0.4) is 0 Å². The molecule has 1 unspecified atom stereocenters. The van der Waals surface area contributed by atoms with Crippen molar-refractivity contribution < 1.29 is 0 Å². The highest BCUT2D eigenvalue weighted by atomic mass is 15.2. The summed E-state index contributed by atoms with van der Waals surface area (Å²) in [5.74, 6) is 0.379. The summed E-state index contributed by atoms with van der Waals surface area (Å²) < 4.78 is 0. The second-order valence-electron chi connectivity index (χ2n) is 25.3. The minimum absolute atomic E-state index is 0.0316. The second kappa shape index (κ2) is 18.8. The van der Waals surface area contributed by atoms with Gasteiger partial charge in [-0.2, -0.15) is 0 Å². The first-order valence-electron chi connectivity index (χ1n) is 28.4. The van der Waals surface area contributed by atoms with E-state index in [1.54, 1.807) is 0 Å². The summed E-state index contributed by atoms with van der Waals surface area (Å²) in [6, 6.07) is 85.3. The molecule has 13 rings (SSSR count). The van der Waals surface area contributed by atoms with Gasteiger partial charge in [0.05, 0.1) is 22.5 Å². The zero-order valence-electron chi connectivity index (χ0n) is 47.2. The lowest BCUT2D eigenvalue weighted by molar-refractivity contribution is 0.569. The van der Waals surface area contributed by atoms with Crippen LogP contribution in [0.1, 0.15) is 95.7 Å². The molecule has 0 radical (unpaired) electrons. The number of fused-ring (bicyclic) bond motifs is 5. The number of benzene rings is 10. The summed E-state index contributed by atoms with van der Waals surface area (Å²) in [4.78, 5) is 2.60. The normalized spacial score (nSPS) is 16.4. The molecule has 386 valence electrons. The highest BCUT2D eigenvalue weighted by Crippen LogP contribution is 2.62. The van der Waals surface area contributed by atoms with E-state index in [0.29, 0.717) is 5.92 Å². The third-order valence-corrected chi connectivity index (χ3v) is 17.1. The maximum Gasteiger partial charge on any atom is 0.0716 e. The molecule has 0 heterocycles. The number of rotatable bonds is 9. The smallest absolute Gasteiger partial charge is 0.0716 e. The number of nitrogens with zero attached hydrogens (tertiary/aromatic N) is 1. The molecule has 0 spiro atoms. The molecular weight excluding hydrogens is 951 g/mol. The van der Waals surface area contributed by atoms with E-state index in [4.69, 9.17) is 0 Å². The van der Waals surface area contributed by atoms with Crippen molar-refractivity contribution in [2.75, 3.05) is 4.90 Å². The first kappa shape index (κ1) is 50.0. The van der Waals surface area contributed by atoms with Crippen LogP contribution in [0.5, 0.6) is 0 Å². The predicted molar refractivity (Wildman–Crippen MR) is 337 cm³/mol. The van der Waals surface area contributed by atoms with Gasteiger partial charge in [0.15, 0.2) is 0 Å². The van der Waals surface area contributed by atoms with E-state index in [0.717, 1.165) is 28.2 Å². The average Bonchev–Trinajstić information content (AvgIpc) is 3.70. The zero-order chi connectivity index (χ0) is 54.4. The van der Waals surface area contributed by atoms with Crippen molar-refractivity contribution in [3.63, 3.8) is 0 Å². The topological polar surface area (TPSA) is 3.24 Å². The lowest BCUT2D eigenvalue weighted by Crippen LogP contribution is -2.30. The Kier molecular flexibility index (Phi) is 11.9. The van der Waals surface area contributed by atoms with Gasteiger partial charge in [-0.25, -0.2) is 0 Å². The van der Waals surface area contributed by atoms with Crippen LogP contribution in [0.15, 0.2) is 260 Å². The lowest BCUT2D eigenvalue weighted by atomic mass is 9.65. The van der Waals surface area contributed by atoms with E-state index >= 15 is 0 Å². The van der Waals surface area contributed by atoms with Crippen LogP contribution in [0.4, 0.5) is 17.1 Å². The summed E-state index contributed by atoms with van der Waals surface area (Å²) in [6.07, 6.45) is 9.46. The molecule has 0 aromatic heterocycles. The molecular formula is C78H69N. The van der Waals surface area contributed by atoms with Gasteiger partial charge < -0.3 is 4.90 Å². The standard InChI is InChI=1S/C78H69N/c1-75(2,3)57-42-44-61(51-25-12-10-13-26-51)73(50-57)79(72-40-21-18-34-65(72)66-36-23-28-52-27-22-35-62(74(52)66)55-45-58(76(4,5)6)49-59(46-55)77(7,8)9)71-39-20-17-32-60(71)54-41-43-64-63-33-16-19-37-68(63)78(70(64)48-54,56-30-14-11-15-31-56)69-38-24-29-53-47-67(53)69/h10-50,53H,1-9H3/t53-,78?/m1/s1. The highest BCUT2D eigenvalue weighted by Gasteiger charge is 2.51. The molecule has 1 nitrogen and oxygen atoms in total. The monoisotopic (exact) mass is 1020 g/mol. The SMILES string of the molecule is CC(C)(C)c1cc(-c2cccc3cccc(-c4ccccc4N(c4ccccc4-c4ccc5c(c4)C(C4=CC=C[C@@H]6C=C46)(c4ccccc4)c4ccccc4-5)c4cc(C(C)(C)C)ccc4-c4ccccc4)c23)cc(C(C)(C)C)c1. The number of anilines is 3. The van der Waals surface area contributed by atoms with Crippen LogP contribution >= 0.6 is 0 Å². The molecule has 0 N–H and O–H groups in total. The summed E-state index contributed by atoms with van der Waals surface area (Å²) in [5.41, 5.74) is 25.5. The van der Waals surface area contributed by atoms with Crippen molar-refractivity contribution in [3.05, 3.63) is 293 Å². The van der Waals surface area contributed by atoms with Gasteiger partial charge >= 0.3 is 0 Å². The Labute approximate surface area is 469 Å². The van der Waals surface area contributed by atoms with Crippen LogP contribution in [0, 0.1) is 5.92 Å². The van der Waals surface area contributed by atoms with E-state index < -0.39 is 5.41 Å². The Balaban J connectivity index is 1.09. The van der Waals surface area contributed by atoms with Crippen molar-refractivity contribution in [1.82, 2.24) is 0 Å². The molecule has 0 saturated carbocycles. The summed E-state index contributed by atoms with van der Waals surface area (Å²) in [7, 11) is 0. The van der Waals surface area contributed by atoms with Gasteiger partial charge in [0, 0.05) is 22.6 Å². The third-order valence-electron chi connectivity index (χ3n) is 17.1. The molecule has 0 bridgehead atoms. The van der Waals surface area contributed by atoms with E-state index in [2.05, 4.69) is 316 Å². The van der Waals surface area contributed by atoms with Crippen LogP contribution in [-0.4, -0.2) is 0 Å². The van der Waals surface area contributed by atoms with Gasteiger partial charge in [0.2, 0.25) is 0 Å². The minimum Gasteiger partial charge on any atom is -0.309 e. The van der Waals surface area contributed by atoms with E-state index in [9.17, 15) is 0 Å².